The summed E-state index contributed by atoms with van der Waals surface area (Å²) in [5, 5.41) is 2.98. The minimum Gasteiger partial charge on any atom is -0.462 e. The number of carbonyl (C=O) groups is 1. The summed E-state index contributed by atoms with van der Waals surface area (Å²) in [5.41, 5.74) is 3.09. The molecule has 0 bridgehead atoms. The molecule has 0 unspecified atom stereocenters. The van der Waals surface area contributed by atoms with Gasteiger partial charge in [-0.2, -0.15) is 0 Å². The van der Waals surface area contributed by atoms with Gasteiger partial charge >= 0.3 is 0 Å². The van der Waals surface area contributed by atoms with Crippen molar-refractivity contribution in [1.82, 2.24) is 14.3 Å². The van der Waals surface area contributed by atoms with Gasteiger partial charge < -0.3 is 19.2 Å². The van der Waals surface area contributed by atoms with E-state index in [-0.39, 0.29) is 5.91 Å². The molecule has 1 N–H and O–H groups in total. The highest BCUT2D eigenvalue weighted by Gasteiger charge is 2.42. The highest BCUT2D eigenvalue weighted by Crippen LogP contribution is 2.40. The molecule has 2 aromatic heterocycles. The molecule has 1 saturated carbocycles. The van der Waals surface area contributed by atoms with Crippen molar-refractivity contribution in [1.29, 1.82) is 0 Å². The predicted molar refractivity (Wildman–Crippen MR) is 116 cm³/mol. The fraction of sp³-hybridized carbons (Fsp3) is 0.417. The van der Waals surface area contributed by atoms with Crippen LogP contribution in [0.5, 0.6) is 5.75 Å². The first kappa shape index (κ1) is 18.8. The zero-order valence-corrected chi connectivity index (χ0v) is 17.4. The van der Waals surface area contributed by atoms with Crippen LogP contribution in [0, 0.1) is 0 Å². The van der Waals surface area contributed by atoms with Gasteiger partial charge in [0.25, 0.3) is 5.91 Å². The number of hydrogen-bond donors (Lipinski definition) is 1. The van der Waals surface area contributed by atoms with Crippen molar-refractivity contribution in [2.75, 3.05) is 18.4 Å². The first-order valence-electron chi connectivity index (χ1n) is 11.1. The third kappa shape index (κ3) is 3.47. The number of imidazole rings is 1. The summed E-state index contributed by atoms with van der Waals surface area (Å²) in [5.74, 6) is 0.201. The number of ether oxygens (including phenoxy) is 2. The number of nitrogens with one attached hydrogen (secondary N) is 1. The second-order valence-electron chi connectivity index (χ2n) is 8.81. The molecule has 160 valence electrons. The van der Waals surface area contributed by atoms with Crippen molar-refractivity contribution in [2.45, 2.75) is 50.5 Å². The number of nitrogens with zero attached hydrogens (tertiary/aromatic N) is 3. The Bertz CT molecular complexity index is 1130. The van der Waals surface area contributed by atoms with Crippen molar-refractivity contribution in [3.8, 4) is 5.75 Å². The molecular formula is C24H26N4O3. The smallest absolute Gasteiger partial charge is 0.257 e. The molecule has 7 nitrogen and oxygen atoms in total. The molecule has 3 aliphatic rings. The fourth-order valence-electron chi connectivity index (χ4n) is 4.79. The van der Waals surface area contributed by atoms with Gasteiger partial charge in [-0.05, 0) is 43.2 Å². The van der Waals surface area contributed by atoms with Crippen LogP contribution < -0.4 is 10.1 Å². The normalized spacial score (nSPS) is 20.8. The summed E-state index contributed by atoms with van der Waals surface area (Å²) in [7, 11) is 0. The van der Waals surface area contributed by atoms with Gasteiger partial charge in [0.2, 0.25) is 5.79 Å². The Morgan fingerprint density at radius 1 is 1.16 bits per heavy atom. The van der Waals surface area contributed by atoms with Gasteiger partial charge in [-0.25, -0.2) is 4.98 Å². The second kappa shape index (κ2) is 7.35. The van der Waals surface area contributed by atoms with Gasteiger partial charge in [-0.1, -0.05) is 6.42 Å². The second-order valence-corrected chi connectivity index (χ2v) is 8.81. The lowest BCUT2D eigenvalue weighted by molar-refractivity contribution is -0.231. The third-order valence-corrected chi connectivity index (χ3v) is 6.91. The van der Waals surface area contributed by atoms with Crippen molar-refractivity contribution in [2.24, 2.45) is 0 Å². The Labute approximate surface area is 181 Å². The van der Waals surface area contributed by atoms with Crippen LogP contribution >= 0.6 is 0 Å². The molecule has 0 atom stereocenters. The predicted octanol–water partition coefficient (Wildman–Crippen LogP) is 3.84. The van der Waals surface area contributed by atoms with Crippen LogP contribution in [0.3, 0.4) is 0 Å². The van der Waals surface area contributed by atoms with Gasteiger partial charge in [-0.3, -0.25) is 9.69 Å². The quantitative estimate of drug-likeness (QED) is 0.700. The Morgan fingerprint density at radius 3 is 2.84 bits per heavy atom. The summed E-state index contributed by atoms with van der Waals surface area (Å²) >= 11 is 0. The summed E-state index contributed by atoms with van der Waals surface area (Å²) in [6.07, 6.45) is 11.2. The molecular weight excluding hydrogens is 392 g/mol. The topological polar surface area (TPSA) is 68.1 Å². The van der Waals surface area contributed by atoms with Crippen LogP contribution in [0.25, 0.3) is 5.65 Å². The minimum atomic E-state index is -0.502. The Morgan fingerprint density at radius 2 is 2.03 bits per heavy atom. The number of pyridine rings is 1. The van der Waals surface area contributed by atoms with E-state index in [1.54, 1.807) is 18.5 Å². The molecule has 1 spiro atoms. The van der Waals surface area contributed by atoms with Crippen molar-refractivity contribution < 1.29 is 14.3 Å². The highest BCUT2D eigenvalue weighted by atomic mass is 16.7. The van der Waals surface area contributed by atoms with E-state index >= 15 is 0 Å². The van der Waals surface area contributed by atoms with Gasteiger partial charge in [0, 0.05) is 61.8 Å². The van der Waals surface area contributed by atoms with Gasteiger partial charge in [0.15, 0.2) is 0 Å². The lowest BCUT2D eigenvalue weighted by Gasteiger charge is -2.47. The van der Waals surface area contributed by atoms with Crippen molar-refractivity contribution in [3.05, 3.63) is 60.0 Å². The van der Waals surface area contributed by atoms with E-state index in [0.717, 1.165) is 54.6 Å². The van der Waals surface area contributed by atoms with E-state index in [1.807, 2.05) is 34.9 Å². The van der Waals surface area contributed by atoms with Crippen LogP contribution in [0.2, 0.25) is 0 Å². The zero-order valence-electron chi connectivity index (χ0n) is 17.4. The molecule has 1 amide bonds. The zero-order chi connectivity index (χ0) is 20.8. The average Bonchev–Trinajstić information content (AvgIpc) is 3.22. The molecule has 2 aliphatic heterocycles. The van der Waals surface area contributed by atoms with Crippen LogP contribution in [-0.4, -0.2) is 45.1 Å². The van der Waals surface area contributed by atoms with E-state index in [2.05, 4.69) is 15.2 Å². The van der Waals surface area contributed by atoms with E-state index in [4.69, 9.17) is 9.47 Å². The largest absolute Gasteiger partial charge is 0.462 e. The number of aromatic nitrogens is 2. The van der Waals surface area contributed by atoms with Crippen molar-refractivity contribution >= 4 is 17.2 Å². The maximum Gasteiger partial charge on any atom is 0.257 e. The Kier molecular flexibility index (Phi) is 4.47. The average molecular weight is 418 g/mol. The SMILES string of the molecule is O=C(Nc1ccc2c(c1)COC1(CCN(C3CCC3)CC1)O2)c1ccc2nccn2c1. The maximum absolute atomic E-state index is 12.7. The van der Waals surface area contributed by atoms with Crippen LogP contribution in [0.4, 0.5) is 5.69 Å². The molecule has 4 heterocycles. The fourth-order valence-corrected chi connectivity index (χ4v) is 4.79. The van der Waals surface area contributed by atoms with E-state index in [1.165, 1.54) is 19.3 Å². The summed E-state index contributed by atoms with van der Waals surface area (Å²) in [6.45, 7) is 2.58. The monoisotopic (exact) mass is 418 g/mol. The first-order valence-corrected chi connectivity index (χ1v) is 11.1. The number of likely N-dealkylation sites (tertiary alicyclic amines) is 1. The third-order valence-electron chi connectivity index (χ3n) is 6.91. The number of amides is 1. The molecule has 31 heavy (non-hydrogen) atoms. The van der Waals surface area contributed by atoms with Gasteiger partial charge in [-0.15, -0.1) is 0 Å². The summed E-state index contributed by atoms with van der Waals surface area (Å²) in [6, 6.07) is 10.2. The van der Waals surface area contributed by atoms with Gasteiger partial charge in [0.1, 0.15) is 11.4 Å². The summed E-state index contributed by atoms with van der Waals surface area (Å²) in [4.78, 5) is 19.5. The molecule has 0 radical (unpaired) electrons. The minimum absolute atomic E-state index is 0.159. The Balaban J connectivity index is 1.13. The van der Waals surface area contributed by atoms with Crippen LogP contribution in [0.1, 0.15) is 48.0 Å². The molecule has 3 aromatic rings. The van der Waals surface area contributed by atoms with Crippen molar-refractivity contribution in [3.63, 3.8) is 0 Å². The standard InChI is InChI=1S/C24H26N4O3/c29-23(17-4-7-22-25-10-13-28(22)15-17)26-19-5-6-21-18(14-19)16-30-24(31-21)8-11-27(12-9-24)20-2-1-3-20/h4-7,10,13-15,20H,1-3,8-9,11-12,16H2,(H,26,29). The maximum atomic E-state index is 12.7. The van der Waals surface area contributed by atoms with Gasteiger partial charge in [0.05, 0.1) is 12.2 Å². The molecule has 2 fully saturated rings. The number of piperidine rings is 1. The Hall–Kier alpha value is -2.90. The van der Waals surface area contributed by atoms with E-state index < -0.39 is 5.79 Å². The molecule has 1 saturated heterocycles. The number of carbonyl (C=O) groups excluding carboxylic acids is 1. The lowest BCUT2D eigenvalue weighted by atomic mass is 9.89. The van der Waals surface area contributed by atoms with E-state index in [9.17, 15) is 4.79 Å². The summed E-state index contributed by atoms with van der Waals surface area (Å²) < 4.78 is 14.4. The molecule has 1 aliphatic carbocycles. The highest BCUT2D eigenvalue weighted by molar-refractivity contribution is 6.04. The number of hydrogen-bond acceptors (Lipinski definition) is 5. The number of benzene rings is 1. The van der Waals surface area contributed by atoms with Crippen LogP contribution in [0.15, 0.2) is 48.9 Å². The molecule has 6 rings (SSSR count). The number of rotatable bonds is 3. The number of fused-ring (bicyclic) bond motifs is 2. The number of anilines is 1. The lowest BCUT2D eigenvalue weighted by Crippen LogP contribution is -2.54. The van der Waals surface area contributed by atoms with Crippen LogP contribution in [-0.2, 0) is 11.3 Å². The van der Waals surface area contributed by atoms with E-state index in [0.29, 0.717) is 12.2 Å². The first-order chi connectivity index (χ1) is 15.2. The molecule has 7 heteroatoms. The molecule has 1 aromatic carbocycles.